The van der Waals surface area contributed by atoms with Crippen LogP contribution in [0, 0.1) is 18.3 Å². The highest BCUT2D eigenvalue weighted by molar-refractivity contribution is 7.07. The lowest BCUT2D eigenvalue weighted by Gasteiger charge is -2.05. The Morgan fingerprint density at radius 1 is 1.30 bits per heavy atom. The van der Waals surface area contributed by atoms with E-state index in [-0.39, 0.29) is 21.3 Å². The summed E-state index contributed by atoms with van der Waals surface area (Å²) in [6.45, 7) is 1.98. The summed E-state index contributed by atoms with van der Waals surface area (Å²) in [4.78, 5) is 37.3. The Hall–Kier alpha value is -3.90. The molecule has 3 rings (SSSR count). The van der Waals surface area contributed by atoms with Gasteiger partial charge in [0.25, 0.3) is 11.5 Å². The van der Waals surface area contributed by atoms with Crippen LogP contribution in [0.3, 0.4) is 0 Å². The number of carbonyl (C=O) groups excluding carboxylic acids is 2. The third-order valence-electron chi connectivity index (χ3n) is 4.12. The summed E-state index contributed by atoms with van der Waals surface area (Å²) in [5, 5.41) is 12.3. The molecule has 152 valence electrons. The molecular weight excluding hydrogens is 406 g/mol. The second kappa shape index (κ2) is 9.07. The Balaban J connectivity index is 2.20. The summed E-state index contributed by atoms with van der Waals surface area (Å²) < 4.78 is 11.2. The van der Waals surface area contributed by atoms with Crippen LogP contribution in [-0.2, 0) is 20.9 Å². The molecule has 1 N–H and O–H groups in total. The number of amides is 1. The summed E-state index contributed by atoms with van der Waals surface area (Å²) in [7, 11) is 1.20. The van der Waals surface area contributed by atoms with Crippen LogP contribution in [0.15, 0.2) is 51.9 Å². The number of aryl methyl sites for hydroxylation is 1. The first-order valence-electron chi connectivity index (χ1n) is 8.78. The lowest BCUT2D eigenvalue weighted by molar-refractivity contribution is -0.133. The van der Waals surface area contributed by atoms with Crippen molar-refractivity contribution in [3.05, 3.63) is 73.5 Å². The molecule has 2 aromatic heterocycles. The van der Waals surface area contributed by atoms with Gasteiger partial charge in [0.1, 0.15) is 21.0 Å². The van der Waals surface area contributed by atoms with Crippen molar-refractivity contribution >= 4 is 34.9 Å². The number of carbonyl (C=O) groups is 2. The Morgan fingerprint density at radius 2 is 2.03 bits per heavy atom. The normalized spacial score (nSPS) is 12.2. The molecule has 0 fully saturated rings. The molecule has 0 aliphatic rings. The Labute approximate surface area is 174 Å². The molecule has 0 atom stereocenters. The second-order valence-electron chi connectivity index (χ2n) is 6.16. The SMILES string of the molecule is COC(=O)C=c1s/c(=C(\C#N)C(=O)NCc2ccco2)n(-c2ccc(C)cc2)c1=O. The van der Waals surface area contributed by atoms with Crippen molar-refractivity contribution in [3.63, 3.8) is 0 Å². The van der Waals surface area contributed by atoms with Gasteiger partial charge in [-0.1, -0.05) is 17.7 Å². The molecular formula is C21H17N3O5S. The van der Waals surface area contributed by atoms with Crippen LogP contribution in [-0.4, -0.2) is 23.6 Å². The molecule has 9 heteroatoms. The standard InChI is InChI=1S/C21H17N3O5S/c1-13-5-7-14(8-6-13)24-20(27)17(10-18(25)28-2)30-21(24)16(11-22)19(26)23-12-15-4-3-9-29-15/h3-10H,12H2,1-2H3,(H,23,26)/b17-10?,21-16+. The molecule has 2 heterocycles. The van der Waals surface area contributed by atoms with Gasteiger partial charge in [-0.2, -0.15) is 5.26 Å². The van der Waals surface area contributed by atoms with E-state index in [1.54, 1.807) is 36.4 Å². The molecule has 0 radical (unpaired) electrons. The number of hydrogen-bond donors (Lipinski definition) is 1. The quantitative estimate of drug-likeness (QED) is 0.606. The Morgan fingerprint density at radius 3 is 2.63 bits per heavy atom. The first-order valence-corrected chi connectivity index (χ1v) is 9.59. The molecule has 8 nitrogen and oxygen atoms in total. The first kappa shape index (κ1) is 20.8. The van der Waals surface area contributed by atoms with Crippen molar-refractivity contribution in [1.29, 1.82) is 5.26 Å². The van der Waals surface area contributed by atoms with Crippen LogP contribution >= 0.6 is 11.3 Å². The lowest BCUT2D eigenvalue weighted by atomic mass is 10.2. The van der Waals surface area contributed by atoms with Crippen LogP contribution < -0.4 is 20.1 Å². The third kappa shape index (κ3) is 4.39. The zero-order chi connectivity index (χ0) is 21.7. The molecule has 3 aromatic rings. The van der Waals surface area contributed by atoms with Crippen LogP contribution in [0.2, 0.25) is 0 Å². The van der Waals surface area contributed by atoms with Crippen molar-refractivity contribution in [2.24, 2.45) is 0 Å². The monoisotopic (exact) mass is 423 g/mol. The van der Waals surface area contributed by atoms with E-state index in [1.165, 1.54) is 17.9 Å². The minimum absolute atomic E-state index is 0.0454. The number of hydrogen-bond acceptors (Lipinski definition) is 7. The van der Waals surface area contributed by atoms with Gasteiger partial charge in [-0.05, 0) is 31.2 Å². The van der Waals surface area contributed by atoms with Gasteiger partial charge in [0.05, 0.1) is 25.6 Å². The van der Waals surface area contributed by atoms with E-state index in [0.717, 1.165) is 23.0 Å². The van der Waals surface area contributed by atoms with Crippen LogP contribution in [0.5, 0.6) is 0 Å². The summed E-state index contributed by atoms with van der Waals surface area (Å²) in [5.74, 6) is -0.861. The van der Waals surface area contributed by atoms with E-state index >= 15 is 0 Å². The van der Waals surface area contributed by atoms with Crippen LogP contribution in [0.4, 0.5) is 0 Å². The van der Waals surface area contributed by atoms with Gasteiger partial charge in [0.15, 0.2) is 5.57 Å². The number of nitriles is 1. The molecule has 1 aromatic carbocycles. The first-order chi connectivity index (χ1) is 14.4. The number of rotatable bonds is 5. The highest BCUT2D eigenvalue weighted by Crippen LogP contribution is 2.07. The van der Waals surface area contributed by atoms with Gasteiger partial charge < -0.3 is 14.5 Å². The molecule has 0 saturated carbocycles. The van der Waals surface area contributed by atoms with Gasteiger partial charge in [0, 0.05) is 6.08 Å². The second-order valence-corrected chi connectivity index (χ2v) is 7.19. The zero-order valence-corrected chi connectivity index (χ0v) is 17.0. The van der Waals surface area contributed by atoms with Crippen molar-refractivity contribution in [3.8, 4) is 11.8 Å². The minimum atomic E-state index is -0.711. The number of benzene rings is 1. The molecule has 0 spiro atoms. The highest BCUT2D eigenvalue weighted by Gasteiger charge is 2.17. The van der Waals surface area contributed by atoms with E-state index in [2.05, 4.69) is 10.1 Å². The Bertz CT molecular complexity index is 1290. The topological polar surface area (TPSA) is 114 Å². The molecule has 0 unspecified atom stereocenters. The lowest BCUT2D eigenvalue weighted by Crippen LogP contribution is -2.34. The fourth-order valence-corrected chi connectivity index (χ4v) is 3.67. The van der Waals surface area contributed by atoms with E-state index in [4.69, 9.17) is 4.42 Å². The summed E-state index contributed by atoms with van der Waals surface area (Å²) in [5.41, 5.74) is 0.656. The van der Waals surface area contributed by atoms with E-state index in [1.807, 2.05) is 13.0 Å². The Kier molecular flexibility index (Phi) is 6.29. The number of methoxy groups -OCH3 is 1. The molecule has 1 amide bonds. The molecule has 0 aliphatic heterocycles. The predicted octanol–water partition coefficient (Wildman–Crippen LogP) is 0.745. The number of nitrogens with one attached hydrogen (secondary N) is 1. The van der Waals surface area contributed by atoms with Gasteiger partial charge in [-0.25, -0.2) is 4.79 Å². The maximum Gasteiger partial charge on any atom is 0.332 e. The van der Waals surface area contributed by atoms with Crippen molar-refractivity contribution in [1.82, 2.24) is 9.88 Å². The fraction of sp³-hybridized carbons (Fsp3) is 0.143. The smallest absolute Gasteiger partial charge is 0.332 e. The fourth-order valence-electron chi connectivity index (χ4n) is 2.61. The maximum atomic E-state index is 13.0. The molecule has 0 aliphatic carbocycles. The number of esters is 1. The molecule has 0 bridgehead atoms. The van der Waals surface area contributed by atoms with Crippen molar-refractivity contribution in [2.75, 3.05) is 7.11 Å². The third-order valence-corrected chi connectivity index (χ3v) is 5.21. The number of thiazole rings is 1. The summed E-state index contributed by atoms with van der Waals surface area (Å²) >= 11 is 0.863. The minimum Gasteiger partial charge on any atom is -0.467 e. The van der Waals surface area contributed by atoms with E-state index in [9.17, 15) is 19.6 Å². The van der Waals surface area contributed by atoms with E-state index in [0.29, 0.717) is 11.4 Å². The number of furan rings is 1. The van der Waals surface area contributed by atoms with Gasteiger partial charge in [-0.15, -0.1) is 11.3 Å². The highest BCUT2D eigenvalue weighted by atomic mass is 32.1. The average Bonchev–Trinajstić information content (AvgIpc) is 3.36. The maximum absolute atomic E-state index is 13.0. The molecule has 0 saturated heterocycles. The van der Waals surface area contributed by atoms with Gasteiger partial charge in [0.2, 0.25) is 0 Å². The predicted molar refractivity (Wildman–Crippen MR) is 110 cm³/mol. The molecule has 30 heavy (non-hydrogen) atoms. The van der Waals surface area contributed by atoms with Crippen LogP contribution in [0.25, 0.3) is 17.3 Å². The largest absolute Gasteiger partial charge is 0.467 e. The van der Waals surface area contributed by atoms with E-state index < -0.39 is 17.4 Å². The van der Waals surface area contributed by atoms with Crippen molar-refractivity contribution in [2.45, 2.75) is 13.5 Å². The van der Waals surface area contributed by atoms with Gasteiger partial charge in [-0.3, -0.25) is 14.2 Å². The number of ether oxygens (including phenoxy) is 1. The van der Waals surface area contributed by atoms with Crippen molar-refractivity contribution < 1.29 is 18.7 Å². The van der Waals surface area contributed by atoms with Gasteiger partial charge >= 0.3 is 5.97 Å². The van der Waals surface area contributed by atoms with Crippen LogP contribution in [0.1, 0.15) is 11.3 Å². The zero-order valence-electron chi connectivity index (χ0n) is 16.2. The number of aromatic nitrogens is 1. The average molecular weight is 423 g/mol. The summed E-state index contributed by atoms with van der Waals surface area (Å²) in [6, 6.07) is 12.2. The summed E-state index contributed by atoms with van der Waals surface area (Å²) in [6.07, 6.45) is 2.51. The number of nitrogens with zero attached hydrogens (tertiary/aromatic N) is 2.